The molecule has 0 aromatic heterocycles. The van der Waals surface area contributed by atoms with Crippen LogP contribution in [0.4, 0.5) is 0 Å². The minimum absolute atomic E-state index is 0.0610. The SMILES string of the molecule is CNS(=O)(=O)Cc1ccc(CNC(=O)/C=C/c2ccc(C(C)C)cc2)cc1. The van der Waals surface area contributed by atoms with Gasteiger partial charge in [-0.3, -0.25) is 4.79 Å². The molecular weight excluding hydrogens is 360 g/mol. The summed E-state index contributed by atoms with van der Waals surface area (Å²) >= 11 is 0. The van der Waals surface area contributed by atoms with Crippen LogP contribution in [0, 0.1) is 0 Å². The maximum Gasteiger partial charge on any atom is 0.244 e. The van der Waals surface area contributed by atoms with Crippen LogP contribution in [0.25, 0.3) is 6.08 Å². The molecule has 5 nitrogen and oxygen atoms in total. The summed E-state index contributed by atoms with van der Waals surface area (Å²) < 4.78 is 25.4. The first-order valence-electron chi connectivity index (χ1n) is 8.84. The quantitative estimate of drug-likeness (QED) is 0.684. The number of nitrogens with one attached hydrogen (secondary N) is 2. The third-order valence-corrected chi connectivity index (χ3v) is 5.52. The van der Waals surface area contributed by atoms with Crippen molar-refractivity contribution >= 4 is 22.0 Å². The van der Waals surface area contributed by atoms with Crippen LogP contribution in [0.2, 0.25) is 0 Å². The van der Waals surface area contributed by atoms with Gasteiger partial charge in [0.1, 0.15) is 0 Å². The average Bonchev–Trinajstić information content (AvgIpc) is 2.66. The molecule has 0 aliphatic carbocycles. The minimum atomic E-state index is -3.28. The molecule has 0 atom stereocenters. The van der Waals surface area contributed by atoms with E-state index in [1.165, 1.54) is 18.7 Å². The summed E-state index contributed by atoms with van der Waals surface area (Å²) in [5, 5.41) is 2.82. The molecule has 0 radical (unpaired) electrons. The summed E-state index contributed by atoms with van der Waals surface area (Å²) in [7, 11) is -1.89. The fourth-order valence-electron chi connectivity index (χ4n) is 2.46. The van der Waals surface area contributed by atoms with Crippen molar-refractivity contribution in [1.29, 1.82) is 0 Å². The summed E-state index contributed by atoms with van der Waals surface area (Å²) in [6, 6.07) is 15.3. The monoisotopic (exact) mass is 386 g/mol. The van der Waals surface area contributed by atoms with Crippen LogP contribution < -0.4 is 10.0 Å². The third kappa shape index (κ3) is 7.00. The summed E-state index contributed by atoms with van der Waals surface area (Å²) in [4.78, 5) is 12.0. The van der Waals surface area contributed by atoms with Gasteiger partial charge < -0.3 is 5.32 Å². The maximum absolute atomic E-state index is 12.0. The van der Waals surface area contributed by atoms with Crippen molar-refractivity contribution in [2.24, 2.45) is 0 Å². The predicted octanol–water partition coefficient (Wildman–Crippen LogP) is 3.19. The summed E-state index contributed by atoms with van der Waals surface area (Å²) in [5.41, 5.74) is 3.85. The molecule has 2 N–H and O–H groups in total. The van der Waals surface area contributed by atoms with E-state index in [1.807, 2.05) is 24.3 Å². The van der Waals surface area contributed by atoms with Crippen molar-refractivity contribution in [3.8, 4) is 0 Å². The first-order chi connectivity index (χ1) is 12.8. The van der Waals surface area contributed by atoms with E-state index < -0.39 is 10.0 Å². The van der Waals surface area contributed by atoms with Crippen LogP contribution in [0.3, 0.4) is 0 Å². The molecule has 0 unspecified atom stereocenters. The molecule has 0 aliphatic rings. The molecular formula is C21H26N2O3S. The van der Waals surface area contributed by atoms with Gasteiger partial charge in [-0.2, -0.15) is 0 Å². The van der Waals surface area contributed by atoms with Gasteiger partial charge in [0.05, 0.1) is 5.75 Å². The van der Waals surface area contributed by atoms with Crippen molar-refractivity contribution < 1.29 is 13.2 Å². The van der Waals surface area contributed by atoms with Crippen molar-refractivity contribution in [2.45, 2.75) is 32.1 Å². The second-order valence-electron chi connectivity index (χ2n) is 6.65. The van der Waals surface area contributed by atoms with E-state index in [0.29, 0.717) is 18.0 Å². The van der Waals surface area contributed by atoms with Gasteiger partial charge in [-0.1, -0.05) is 62.4 Å². The highest BCUT2D eigenvalue weighted by Gasteiger charge is 2.08. The molecule has 0 saturated carbocycles. The summed E-state index contributed by atoms with van der Waals surface area (Å²) in [5.74, 6) is 0.245. The molecule has 0 saturated heterocycles. The van der Waals surface area contributed by atoms with Gasteiger partial charge >= 0.3 is 0 Å². The molecule has 2 rings (SSSR count). The van der Waals surface area contributed by atoms with Gasteiger partial charge in [-0.15, -0.1) is 0 Å². The van der Waals surface area contributed by atoms with E-state index in [2.05, 4.69) is 36.0 Å². The zero-order chi connectivity index (χ0) is 19.9. The summed E-state index contributed by atoms with van der Waals surface area (Å²) in [6.45, 7) is 4.67. The number of carbonyl (C=O) groups is 1. The van der Waals surface area contributed by atoms with E-state index in [0.717, 1.165) is 11.1 Å². The molecule has 0 heterocycles. The fourth-order valence-corrected chi connectivity index (χ4v) is 3.23. The van der Waals surface area contributed by atoms with Crippen LogP contribution in [0.15, 0.2) is 54.6 Å². The molecule has 2 aromatic rings. The topological polar surface area (TPSA) is 75.3 Å². The zero-order valence-corrected chi connectivity index (χ0v) is 16.7. The van der Waals surface area contributed by atoms with E-state index >= 15 is 0 Å². The average molecular weight is 387 g/mol. The first kappa shape index (κ1) is 20.9. The fraction of sp³-hybridized carbons (Fsp3) is 0.286. The van der Waals surface area contributed by atoms with Crippen molar-refractivity contribution in [2.75, 3.05) is 7.05 Å². The maximum atomic E-state index is 12.0. The van der Waals surface area contributed by atoms with Gasteiger partial charge in [-0.25, -0.2) is 13.1 Å². The van der Waals surface area contributed by atoms with Gasteiger partial charge in [0, 0.05) is 12.6 Å². The first-order valence-corrected chi connectivity index (χ1v) is 10.5. The molecule has 0 spiro atoms. The van der Waals surface area contributed by atoms with Gasteiger partial charge in [0.2, 0.25) is 15.9 Å². The van der Waals surface area contributed by atoms with E-state index in [4.69, 9.17) is 0 Å². The lowest BCUT2D eigenvalue weighted by molar-refractivity contribution is -0.116. The van der Waals surface area contributed by atoms with Crippen molar-refractivity contribution in [3.63, 3.8) is 0 Å². The Labute approximate surface area is 161 Å². The van der Waals surface area contributed by atoms with E-state index in [-0.39, 0.29) is 11.7 Å². The van der Waals surface area contributed by atoms with Crippen molar-refractivity contribution in [1.82, 2.24) is 10.0 Å². The lowest BCUT2D eigenvalue weighted by Crippen LogP contribution is -2.21. The molecule has 144 valence electrons. The predicted molar refractivity (Wildman–Crippen MR) is 110 cm³/mol. The Balaban J connectivity index is 1.86. The van der Waals surface area contributed by atoms with E-state index in [1.54, 1.807) is 18.2 Å². The Bertz CT molecular complexity index is 884. The molecule has 27 heavy (non-hydrogen) atoms. The number of hydrogen-bond donors (Lipinski definition) is 2. The molecule has 2 aromatic carbocycles. The number of benzene rings is 2. The van der Waals surface area contributed by atoms with Crippen LogP contribution in [0.5, 0.6) is 0 Å². The smallest absolute Gasteiger partial charge is 0.244 e. The highest BCUT2D eigenvalue weighted by Crippen LogP contribution is 2.15. The zero-order valence-electron chi connectivity index (χ0n) is 15.9. The van der Waals surface area contributed by atoms with Crippen LogP contribution in [-0.2, 0) is 27.1 Å². The Morgan fingerprint density at radius 1 is 1.00 bits per heavy atom. The molecule has 0 aliphatic heterocycles. The second kappa shape index (κ2) is 9.48. The number of amides is 1. The second-order valence-corrected chi connectivity index (χ2v) is 8.58. The Morgan fingerprint density at radius 3 is 2.15 bits per heavy atom. The largest absolute Gasteiger partial charge is 0.348 e. The standard InChI is InChI=1S/C21H26N2O3S/c1-16(2)20-11-8-17(9-12-20)10-13-21(24)23-14-18-4-6-19(7-5-18)15-27(25,26)22-3/h4-13,16,22H,14-15H2,1-3H3,(H,23,24)/b13-10+. The number of carbonyl (C=O) groups excluding carboxylic acids is 1. The lowest BCUT2D eigenvalue weighted by atomic mass is 10.0. The number of sulfonamides is 1. The molecule has 1 amide bonds. The number of rotatable bonds is 8. The molecule has 0 fully saturated rings. The normalized spacial score (nSPS) is 11.9. The lowest BCUT2D eigenvalue weighted by Gasteiger charge is -2.06. The van der Waals surface area contributed by atoms with Gasteiger partial charge in [-0.05, 0) is 41.3 Å². The molecule has 0 bridgehead atoms. The van der Waals surface area contributed by atoms with E-state index in [9.17, 15) is 13.2 Å². The molecule has 6 heteroatoms. The van der Waals surface area contributed by atoms with Crippen LogP contribution in [0.1, 0.15) is 42.0 Å². The van der Waals surface area contributed by atoms with Gasteiger partial charge in [0.15, 0.2) is 0 Å². The Hall–Kier alpha value is -2.44. The third-order valence-electron chi connectivity index (χ3n) is 4.19. The Morgan fingerprint density at radius 2 is 1.59 bits per heavy atom. The van der Waals surface area contributed by atoms with Crippen molar-refractivity contribution in [3.05, 3.63) is 76.9 Å². The Kier molecular flexibility index (Phi) is 7.33. The number of hydrogen-bond acceptors (Lipinski definition) is 3. The van der Waals surface area contributed by atoms with Crippen LogP contribution in [-0.4, -0.2) is 21.4 Å². The summed E-state index contributed by atoms with van der Waals surface area (Å²) in [6.07, 6.45) is 3.30. The minimum Gasteiger partial charge on any atom is -0.348 e. The van der Waals surface area contributed by atoms with Gasteiger partial charge in [0.25, 0.3) is 0 Å². The highest BCUT2D eigenvalue weighted by molar-refractivity contribution is 7.88. The van der Waals surface area contributed by atoms with Crippen LogP contribution >= 0.6 is 0 Å². The highest BCUT2D eigenvalue weighted by atomic mass is 32.2.